The topological polar surface area (TPSA) is 81.7 Å². The molecule has 0 aliphatic heterocycles. The summed E-state index contributed by atoms with van der Waals surface area (Å²) in [6, 6.07) is 11.8. The number of pyridine rings is 1. The molecule has 1 heterocycles. The Morgan fingerprint density at radius 1 is 1.19 bits per heavy atom. The highest BCUT2D eigenvalue weighted by atomic mass is 17.5. The van der Waals surface area contributed by atoms with E-state index in [1.807, 2.05) is 18.2 Å². The van der Waals surface area contributed by atoms with E-state index in [1.54, 1.807) is 30.5 Å². The maximum Gasteiger partial charge on any atom is 0.319 e. The zero-order valence-electron chi connectivity index (χ0n) is 11.4. The van der Waals surface area contributed by atoms with Gasteiger partial charge in [-0.3, -0.25) is 4.98 Å². The average Bonchev–Trinajstić information content (AvgIpc) is 2.53. The summed E-state index contributed by atoms with van der Waals surface area (Å²) in [5.74, 6) is 0.455. The molecule has 21 heavy (non-hydrogen) atoms. The van der Waals surface area contributed by atoms with Crippen LogP contribution in [0.2, 0.25) is 0 Å². The lowest BCUT2D eigenvalue weighted by atomic mass is 10.3. The SMILES string of the molecule is COOOc1ccc(NC(=O)NCc2ccccn2)cc1. The minimum atomic E-state index is -0.317. The van der Waals surface area contributed by atoms with Crippen LogP contribution in [-0.2, 0) is 16.5 Å². The number of carbonyl (C=O) groups excluding carboxylic acids is 1. The number of nitrogens with zero attached hydrogens (tertiary/aromatic N) is 1. The lowest BCUT2D eigenvalue weighted by Crippen LogP contribution is -2.28. The van der Waals surface area contributed by atoms with Crippen LogP contribution in [0.3, 0.4) is 0 Å². The van der Waals surface area contributed by atoms with Gasteiger partial charge in [0.1, 0.15) is 0 Å². The van der Waals surface area contributed by atoms with Crippen molar-refractivity contribution in [1.82, 2.24) is 10.3 Å². The van der Waals surface area contributed by atoms with E-state index in [0.717, 1.165) is 5.69 Å². The number of amides is 2. The number of anilines is 1. The quantitative estimate of drug-likeness (QED) is 0.629. The van der Waals surface area contributed by atoms with Crippen LogP contribution in [0.1, 0.15) is 5.69 Å². The van der Waals surface area contributed by atoms with E-state index in [1.165, 1.54) is 7.11 Å². The third-order valence-corrected chi connectivity index (χ3v) is 2.47. The molecule has 0 unspecified atom stereocenters. The molecule has 0 aliphatic carbocycles. The summed E-state index contributed by atoms with van der Waals surface area (Å²) in [5.41, 5.74) is 1.41. The number of nitrogens with one attached hydrogen (secondary N) is 2. The highest BCUT2D eigenvalue weighted by molar-refractivity contribution is 5.89. The smallest absolute Gasteiger partial charge is 0.319 e. The van der Waals surface area contributed by atoms with E-state index < -0.39 is 0 Å². The highest BCUT2D eigenvalue weighted by Gasteiger charge is 2.03. The Morgan fingerprint density at radius 3 is 2.67 bits per heavy atom. The van der Waals surface area contributed by atoms with Gasteiger partial charge < -0.3 is 15.5 Å². The summed E-state index contributed by atoms with van der Waals surface area (Å²) in [4.78, 5) is 24.9. The summed E-state index contributed by atoms with van der Waals surface area (Å²) in [6.07, 6.45) is 1.68. The van der Waals surface area contributed by atoms with Crippen LogP contribution in [0.15, 0.2) is 48.7 Å². The molecule has 7 nitrogen and oxygen atoms in total. The Balaban J connectivity index is 1.79. The van der Waals surface area contributed by atoms with Gasteiger partial charge in [-0.2, -0.15) is 4.89 Å². The van der Waals surface area contributed by atoms with Crippen molar-refractivity contribution in [2.45, 2.75) is 6.54 Å². The van der Waals surface area contributed by atoms with Crippen molar-refractivity contribution in [2.75, 3.05) is 12.4 Å². The number of carbonyl (C=O) groups is 1. The largest absolute Gasteiger partial charge is 0.332 e. The third kappa shape index (κ3) is 5.09. The molecule has 0 atom stereocenters. The van der Waals surface area contributed by atoms with Crippen molar-refractivity contribution < 1.29 is 19.6 Å². The van der Waals surface area contributed by atoms with Gasteiger partial charge >= 0.3 is 6.03 Å². The molecule has 2 aromatic rings. The Hall–Kier alpha value is -2.64. The van der Waals surface area contributed by atoms with Gasteiger partial charge in [-0.25, -0.2) is 4.79 Å². The molecule has 2 N–H and O–H groups in total. The van der Waals surface area contributed by atoms with Crippen LogP contribution in [0.4, 0.5) is 10.5 Å². The van der Waals surface area contributed by atoms with E-state index in [2.05, 4.69) is 25.5 Å². The minimum absolute atomic E-state index is 0.317. The van der Waals surface area contributed by atoms with Crippen molar-refractivity contribution in [3.8, 4) is 5.75 Å². The van der Waals surface area contributed by atoms with E-state index in [4.69, 9.17) is 4.89 Å². The first-order valence-corrected chi connectivity index (χ1v) is 6.20. The summed E-state index contributed by atoms with van der Waals surface area (Å²) >= 11 is 0. The average molecular weight is 289 g/mol. The second kappa shape index (κ2) is 7.83. The summed E-state index contributed by atoms with van der Waals surface area (Å²) < 4.78 is 0. The summed E-state index contributed by atoms with van der Waals surface area (Å²) in [7, 11) is 1.34. The second-order valence-electron chi connectivity index (χ2n) is 3.97. The molecule has 1 aromatic heterocycles. The van der Waals surface area contributed by atoms with Gasteiger partial charge in [0.15, 0.2) is 5.75 Å². The Morgan fingerprint density at radius 2 is 2.00 bits per heavy atom. The van der Waals surface area contributed by atoms with Gasteiger partial charge in [0, 0.05) is 11.9 Å². The fourth-order valence-electron chi connectivity index (χ4n) is 1.52. The Labute approximate surface area is 121 Å². The number of rotatable bonds is 6. The van der Waals surface area contributed by atoms with Crippen molar-refractivity contribution in [2.24, 2.45) is 0 Å². The summed E-state index contributed by atoms with van der Waals surface area (Å²) in [6.45, 7) is 0.357. The van der Waals surface area contributed by atoms with E-state index in [-0.39, 0.29) is 6.03 Å². The molecular formula is C14H15N3O4. The van der Waals surface area contributed by atoms with Gasteiger partial charge in [0.25, 0.3) is 0 Å². The lowest BCUT2D eigenvalue weighted by molar-refractivity contribution is -0.453. The van der Waals surface area contributed by atoms with Gasteiger partial charge in [0.2, 0.25) is 0 Å². The maximum atomic E-state index is 11.7. The Kier molecular flexibility index (Phi) is 5.50. The molecule has 7 heteroatoms. The molecule has 0 bridgehead atoms. The molecule has 0 fully saturated rings. The molecule has 0 aliphatic rings. The first-order chi connectivity index (χ1) is 10.3. The zero-order valence-corrected chi connectivity index (χ0v) is 11.4. The molecule has 110 valence electrons. The first kappa shape index (κ1) is 14.8. The molecule has 0 saturated heterocycles. The first-order valence-electron chi connectivity index (χ1n) is 6.20. The predicted octanol–water partition coefficient (Wildman–Crippen LogP) is 2.28. The van der Waals surface area contributed by atoms with Gasteiger partial charge in [-0.1, -0.05) is 6.07 Å². The maximum absolute atomic E-state index is 11.7. The van der Waals surface area contributed by atoms with Crippen LogP contribution >= 0.6 is 0 Å². The third-order valence-electron chi connectivity index (χ3n) is 2.47. The molecule has 2 rings (SSSR count). The molecule has 0 radical (unpaired) electrons. The van der Waals surface area contributed by atoms with Crippen LogP contribution < -0.4 is 15.5 Å². The van der Waals surface area contributed by atoms with E-state index in [9.17, 15) is 4.79 Å². The van der Waals surface area contributed by atoms with Crippen LogP contribution in [0.5, 0.6) is 5.75 Å². The van der Waals surface area contributed by atoms with Crippen molar-refractivity contribution in [1.29, 1.82) is 0 Å². The predicted molar refractivity (Wildman–Crippen MR) is 75.3 cm³/mol. The van der Waals surface area contributed by atoms with Crippen molar-refractivity contribution in [3.63, 3.8) is 0 Å². The molecule has 0 saturated carbocycles. The van der Waals surface area contributed by atoms with E-state index >= 15 is 0 Å². The Bertz CT molecular complexity index is 560. The van der Waals surface area contributed by atoms with Gasteiger partial charge in [0.05, 0.1) is 19.3 Å². The molecular weight excluding hydrogens is 274 g/mol. The van der Waals surface area contributed by atoms with Crippen LogP contribution in [-0.4, -0.2) is 18.1 Å². The summed E-state index contributed by atoms with van der Waals surface area (Å²) in [5, 5.41) is 9.72. The number of aromatic nitrogens is 1. The van der Waals surface area contributed by atoms with Crippen LogP contribution in [0.25, 0.3) is 0 Å². The fraction of sp³-hybridized carbons (Fsp3) is 0.143. The number of urea groups is 1. The fourth-order valence-corrected chi connectivity index (χ4v) is 1.52. The van der Waals surface area contributed by atoms with E-state index in [0.29, 0.717) is 18.0 Å². The molecule has 2 amide bonds. The van der Waals surface area contributed by atoms with Crippen molar-refractivity contribution >= 4 is 11.7 Å². The van der Waals surface area contributed by atoms with Gasteiger partial charge in [-0.15, -0.1) is 0 Å². The monoisotopic (exact) mass is 289 g/mol. The standard InChI is InChI=1S/C14H15N3O4/c1-19-21-20-13-7-5-11(6-8-13)17-14(18)16-10-12-4-2-3-9-15-12/h2-9H,10H2,1H3,(H2,16,17,18). The number of benzene rings is 1. The van der Waals surface area contributed by atoms with Gasteiger partial charge in [-0.05, 0) is 41.4 Å². The number of hydrogen-bond acceptors (Lipinski definition) is 5. The lowest BCUT2D eigenvalue weighted by Gasteiger charge is -2.08. The minimum Gasteiger partial charge on any atom is -0.332 e. The molecule has 1 aromatic carbocycles. The molecule has 0 spiro atoms. The number of hydrogen-bond donors (Lipinski definition) is 2. The van der Waals surface area contributed by atoms with Crippen molar-refractivity contribution in [3.05, 3.63) is 54.4 Å². The normalized spacial score (nSPS) is 9.95. The second-order valence-corrected chi connectivity index (χ2v) is 3.97. The van der Waals surface area contributed by atoms with Crippen LogP contribution in [0, 0.1) is 0 Å². The zero-order chi connectivity index (χ0) is 14.9. The highest BCUT2D eigenvalue weighted by Crippen LogP contribution is 2.15.